The van der Waals surface area contributed by atoms with Crippen molar-refractivity contribution in [2.75, 3.05) is 12.3 Å². The Balaban J connectivity index is 0.000000204. The van der Waals surface area contributed by atoms with E-state index in [1.165, 1.54) is 24.3 Å². The number of nitrogens with two attached hydrogens (primary N) is 2. The molecule has 0 amide bonds. The summed E-state index contributed by atoms with van der Waals surface area (Å²) in [6, 6.07) is 9.15. The van der Waals surface area contributed by atoms with Crippen LogP contribution in [0.2, 0.25) is 0 Å². The molecule has 2 aromatic carbocycles. The summed E-state index contributed by atoms with van der Waals surface area (Å²) in [4.78, 5) is 0. The highest BCUT2D eigenvalue weighted by Gasteiger charge is 1.99. The number of benzene rings is 2. The number of rotatable bonds is 2. The van der Waals surface area contributed by atoms with Gasteiger partial charge in [0.15, 0.2) is 23.0 Å². The second-order valence-corrected chi connectivity index (χ2v) is 4.08. The Labute approximate surface area is 116 Å². The minimum atomic E-state index is -0.252. The summed E-state index contributed by atoms with van der Waals surface area (Å²) in [6.45, 7) is 0.546. The third kappa shape index (κ3) is 4.25. The van der Waals surface area contributed by atoms with Crippen LogP contribution in [0.1, 0.15) is 5.56 Å². The summed E-state index contributed by atoms with van der Waals surface area (Å²) in [5.74, 6) is -0.616. The Morgan fingerprint density at radius 2 is 1.55 bits per heavy atom. The minimum Gasteiger partial charge on any atom is -0.504 e. The van der Waals surface area contributed by atoms with E-state index in [2.05, 4.69) is 0 Å². The van der Waals surface area contributed by atoms with E-state index < -0.39 is 0 Å². The quantitative estimate of drug-likeness (QED) is 0.362. The van der Waals surface area contributed by atoms with Crippen LogP contribution in [-0.4, -0.2) is 27.0 Å². The molecule has 0 heterocycles. The van der Waals surface area contributed by atoms with Gasteiger partial charge in [-0.25, -0.2) is 0 Å². The third-order valence-corrected chi connectivity index (χ3v) is 2.52. The van der Waals surface area contributed by atoms with Gasteiger partial charge in [0.2, 0.25) is 0 Å². The second-order valence-electron chi connectivity index (χ2n) is 4.08. The van der Waals surface area contributed by atoms with Crippen molar-refractivity contribution in [3.05, 3.63) is 42.0 Å². The van der Waals surface area contributed by atoms with Gasteiger partial charge in [-0.3, -0.25) is 0 Å². The van der Waals surface area contributed by atoms with Crippen LogP contribution in [0.15, 0.2) is 36.4 Å². The van der Waals surface area contributed by atoms with Gasteiger partial charge in [-0.15, -0.1) is 0 Å². The zero-order valence-electron chi connectivity index (χ0n) is 10.8. The lowest BCUT2D eigenvalue weighted by Crippen LogP contribution is -2.02. The molecule has 2 rings (SSSR count). The molecule has 0 atom stereocenters. The molecule has 6 nitrogen and oxygen atoms in total. The monoisotopic (exact) mass is 278 g/mol. The first-order valence-electron chi connectivity index (χ1n) is 5.93. The number of aromatic hydroxyl groups is 4. The molecule has 0 unspecified atom stereocenters. The van der Waals surface area contributed by atoms with Crippen LogP contribution < -0.4 is 11.5 Å². The highest BCUT2D eigenvalue weighted by atomic mass is 16.3. The molecule has 0 aliphatic heterocycles. The summed E-state index contributed by atoms with van der Waals surface area (Å²) in [6.07, 6.45) is 0.716. The Morgan fingerprint density at radius 1 is 0.850 bits per heavy atom. The fourth-order valence-corrected chi connectivity index (χ4v) is 1.44. The van der Waals surface area contributed by atoms with E-state index in [-0.39, 0.29) is 28.7 Å². The number of phenols is 4. The van der Waals surface area contributed by atoms with Crippen LogP contribution >= 0.6 is 0 Å². The highest BCUT2D eigenvalue weighted by molar-refractivity contribution is 5.58. The molecule has 2 aromatic rings. The first-order valence-corrected chi connectivity index (χ1v) is 5.93. The van der Waals surface area contributed by atoms with E-state index >= 15 is 0 Å². The van der Waals surface area contributed by atoms with Crippen molar-refractivity contribution in [3.63, 3.8) is 0 Å². The fourth-order valence-electron chi connectivity index (χ4n) is 1.44. The van der Waals surface area contributed by atoms with Crippen molar-refractivity contribution in [1.29, 1.82) is 0 Å². The fraction of sp³-hybridized carbons (Fsp3) is 0.143. The van der Waals surface area contributed by atoms with Gasteiger partial charge in [-0.2, -0.15) is 0 Å². The number of anilines is 1. The Hall–Kier alpha value is -2.60. The number of hydrogen-bond donors (Lipinski definition) is 6. The van der Waals surface area contributed by atoms with Gasteiger partial charge in [0.1, 0.15) is 0 Å². The average Bonchev–Trinajstić information content (AvgIpc) is 2.41. The molecule has 20 heavy (non-hydrogen) atoms. The normalized spacial score (nSPS) is 9.65. The van der Waals surface area contributed by atoms with Crippen LogP contribution in [0.4, 0.5) is 5.69 Å². The van der Waals surface area contributed by atoms with Crippen molar-refractivity contribution in [2.45, 2.75) is 6.42 Å². The Morgan fingerprint density at radius 3 is 2.05 bits per heavy atom. The molecule has 6 heteroatoms. The molecular weight excluding hydrogens is 260 g/mol. The second kappa shape index (κ2) is 7.10. The zero-order valence-corrected chi connectivity index (χ0v) is 10.8. The maximum absolute atomic E-state index is 9.04. The smallest absolute Gasteiger partial charge is 0.180 e. The first-order chi connectivity index (χ1) is 9.45. The van der Waals surface area contributed by atoms with Crippen molar-refractivity contribution in [1.82, 2.24) is 0 Å². The van der Waals surface area contributed by atoms with Crippen molar-refractivity contribution in [2.24, 2.45) is 5.73 Å². The molecule has 8 N–H and O–H groups in total. The molecule has 0 fully saturated rings. The van der Waals surface area contributed by atoms with E-state index in [9.17, 15) is 0 Å². The Bertz CT molecular complexity index is 553. The number of phenolic OH excluding ortho intramolecular Hbond substituents is 4. The summed E-state index contributed by atoms with van der Waals surface area (Å²) in [7, 11) is 0. The van der Waals surface area contributed by atoms with Gasteiger partial charge < -0.3 is 31.9 Å². The predicted molar refractivity (Wildman–Crippen MR) is 76.7 cm³/mol. The maximum atomic E-state index is 9.04. The van der Waals surface area contributed by atoms with Crippen LogP contribution in [0, 0.1) is 0 Å². The van der Waals surface area contributed by atoms with Crippen molar-refractivity contribution in [3.8, 4) is 23.0 Å². The minimum absolute atomic E-state index is 0.0871. The van der Waals surface area contributed by atoms with Crippen LogP contribution in [0.3, 0.4) is 0 Å². The van der Waals surface area contributed by atoms with Crippen molar-refractivity contribution < 1.29 is 20.4 Å². The molecule has 108 valence electrons. The van der Waals surface area contributed by atoms with Gasteiger partial charge in [-0.1, -0.05) is 12.1 Å². The summed E-state index contributed by atoms with van der Waals surface area (Å²) in [5, 5.41) is 35.6. The molecule has 0 bridgehead atoms. The van der Waals surface area contributed by atoms with E-state index in [0.717, 1.165) is 5.56 Å². The van der Waals surface area contributed by atoms with Crippen LogP contribution in [0.5, 0.6) is 23.0 Å². The van der Waals surface area contributed by atoms with E-state index in [1.54, 1.807) is 12.1 Å². The van der Waals surface area contributed by atoms with Crippen molar-refractivity contribution >= 4 is 5.69 Å². The number of nitrogen functional groups attached to an aromatic ring is 1. The Kier molecular flexibility index (Phi) is 5.49. The summed E-state index contributed by atoms with van der Waals surface area (Å²) >= 11 is 0. The number of hydrogen-bond acceptors (Lipinski definition) is 6. The van der Waals surface area contributed by atoms with Gasteiger partial charge in [0.25, 0.3) is 0 Å². The molecule has 0 saturated heterocycles. The molecule has 0 aliphatic carbocycles. The van der Waals surface area contributed by atoms with E-state index in [1.807, 2.05) is 0 Å². The standard InChI is InChI=1S/C8H11NO2.C6H7NO2/c9-4-3-6-1-2-7(10)8(11)5-6;7-4-2-1-3-5(8)6(4)9/h1-2,5,10-11H,3-4,9H2;1-3,8-9H,7H2. The lowest BCUT2D eigenvalue weighted by atomic mass is 10.1. The molecule has 0 saturated carbocycles. The van der Waals surface area contributed by atoms with Gasteiger partial charge in [-0.05, 0) is 42.8 Å². The van der Waals surface area contributed by atoms with Gasteiger partial charge >= 0.3 is 0 Å². The largest absolute Gasteiger partial charge is 0.504 e. The molecule has 0 spiro atoms. The number of para-hydroxylation sites is 1. The molecule has 0 aliphatic rings. The van der Waals surface area contributed by atoms with Gasteiger partial charge in [0.05, 0.1) is 5.69 Å². The van der Waals surface area contributed by atoms with Gasteiger partial charge in [0, 0.05) is 0 Å². The summed E-state index contributed by atoms with van der Waals surface area (Å²) < 4.78 is 0. The zero-order chi connectivity index (χ0) is 15.1. The SMILES string of the molecule is NCCc1ccc(O)c(O)c1.Nc1cccc(O)c1O. The predicted octanol–water partition coefficient (Wildman–Crippen LogP) is 1.28. The van der Waals surface area contributed by atoms with Crippen LogP contribution in [0.25, 0.3) is 0 Å². The maximum Gasteiger partial charge on any atom is 0.180 e. The lowest BCUT2D eigenvalue weighted by molar-refractivity contribution is 0.403. The molecular formula is C14H18N2O4. The van der Waals surface area contributed by atoms with Crippen LogP contribution in [-0.2, 0) is 6.42 Å². The van der Waals surface area contributed by atoms with E-state index in [4.69, 9.17) is 31.9 Å². The third-order valence-electron chi connectivity index (χ3n) is 2.52. The molecule has 0 aromatic heterocycles. The topological polar surface area (TPSA) is 133 Å². The lowest BCUT2D eigenvalue weighted by Gasteiger charge is -2.00. The summed E-state index contributed by atoms with van der Waals surface area (Å²) in [5.41, 5.74) is 11.6. The highest BCUT2D eigenvalue weighted by Crippen LogP contribution is 2.29. The first kappa shape index (κ1) is 15.5. The average molecular weight is 278 g/mol. The molecule has 0 radical (unpaired) electrons. The van der Waals surface area contributed by atoms with E-state index in [0.29, 0.717) is 13.0 Å².